The van der Waals surface area contributed by atoms with Crippen LogP contribution in [0.4, 0.5) is 0 Å². The molecule has 2 atom stereocenters. The Hall–Kier alpha value is -3.46. The summed E-state index contributed by atoms with van der Waals surface area (Å²) in [5.41, 5.74) is 21.7. The molecule has 0 N–H and O–H groups in total. The zero-order valence-electron chi connectivity index (χ0n) is 37.1. The Morgan fingerprint density at radius 2 is 1.29 bits per heavy atom. The van der Waals surface area contributed by atoms with Crippen LogP contribution in [0.5, 0.6) is 0 Å². The zero-order chi connectivity index (χ0) is 40.2. The summed E-state index contributed by atoms with van der Waals surface area (Å²) in [6.07, 6.45) is 14.8. The van der Waals surface area contributed by atoms with E-state index in [9.17, 15) is 0 Å². The van der Waals surface area contributed by atoms with E-state index in [-0.39, 0.29) is 16.4 Å². The average Bonchev–Trinajstić information content (AvgIpc) is 3.84. The standard InChI is InChI=1S/C54H70OSi/c1-36-32-45-43(38-20-24-41(25-21-38)52(3,4)5)28-29-49(46(45)33-36)56(12,31-16-14-13-15-30-55-54(9,10)11)51-37(2)34-47-48(51)35-40-18-17-19-44(40)50(47)39-22-26-42(27-23-39)53(6,7)8/h20-29,32,34-35,51H,13-19,30-31,33H2,1-12H3. The van der Waals surface area contributed by atoms with Crippen LogP contribution in [-0.2, 0) is 34.8 Å². The summed E-state index contributed by atoms with van der Waals surface area (Å²) >= 11 is 0. The quantitative estimate of drug-likeness (QED) is 0.109. The number of fused-ring (bicyclic) bond motifs is 3. The van der Waals surface area contributed by atoms with Crippen molar-refractivity contribution in [3.63, 3.8) is 0 Å². The van der Waals surface area contributed by atoms with Crippen LogP contribution in [0, 0.1) is 0 Å². The molecule has 3 aliphatic carbocycles. The van der Waals surface area contributed by atoms with E-state index in [0.717, 1.165) is 19.4 Å². The molecule has 0 radical (unpaired) electrons. The second-order valence-electron chi connectivity index (χ2n) is 21.0. The predicted molar refractivity (Wildman–Crippen MR) is 247 cm³/mol. The van der Waals surface area contributed by atoms with E-state index in [4.69, 9.17) is 4.74 Å². The second-order valence-corrected chi connectivity index (χ2v) is 25.4. The van der Waals surface area contributed by atoms with Gasteiger partial charge in [-0.15, -0.1) is 0 Å². The smallest absolute Gasteiger partial charge is 0.0956 e. The minimum absolute atomic E-state index is 0.0633. The van der Waals surface area contributed by atoms with Crippen molar-refractivity contribution in [1.82, 2.24) is 0 Å². The molecule has 2 heteroatoms. The summed E-state index contributed by atoms with van der Waals surface area (Å²) < 4.78 is 6.11. The highest BCUT2D eigenvalue weighted by molar-refractivity contribution is 6.93. The molecule has 0 aromatic heterocycles. The predicted octanol–water partition coefficient (Wildman–Crippen LogP) is 14.5. The van der Waals surface area contributed by atoms with Gasteiger partial charge in [0.15, 0.2) is 0 Å². The molecule has 4 aromatic rings. The molecule has 0 amide bonds. The number of rotatable bonds is 11. The first-order chi connectivity index (χ1) is 26.3. The molecule has 4 aromatic carbocycles. The minimum Gasteiger partial charge on any atom is -0.376 e. The van der Waals surface area contributed by atoms with Crippen molar-refractivity contribution in [3.8, 4) is 22.3 Å². The van der Waals surface area contributed by atoms with Crippen molar-refractivity contribution in [2.45, 2.75) is 162 Å². The summed E-state index contributed by atoms with van der Waals surface area (Å²) in [4.78, 5) is 0. The van der Waals surface area contributed by atoms with Crippen LogP contribution < -0.4 is 5.19 Å². The number of unbranched alkanes of at least 4 members (excludes halogenated alkanes) is 3. The fourth-order valence-electron chi connectivity index (χ4n) is 10.3. The van der Waals surface area contributed by atoms with Crippen LogP contribution in [0.2, 0.25) is 12.6 Å². The Morgan fingerprint density at radius 3 is 1.91 bits per heavy atom. The maximum Gasteiger partial charge on any atom is 0.0956 e. The van der Waals surface area contributed by atoms with Crippen molar-refractivity contribution in [1.29, 1.82) is 0 Å². The molecule has 0 fully saturated rings. The van der Waals surface area contributed by atoms with Gasteiger partial charge in [-0.1, -0.05) is 169 Å². The molecular weight excluding hydrogens is 693 g/mol. The van der Waals surface area contributed by atoms with E-state index >= 15 is 0 Å². The molecular formula is C54H70OSi. The average molecular weight is 763 g/mol. The lowest BCUT2D eigenvalue weighted by Gasteiger charge is -2.38. The second kappa shape index (κ2) is 15.4. The van der Waals surface area contributed by atoms with E-state index in [2.05, 4.69) is 162 Å². The molecule has 3 aliphatic rings. The van der Waals surface area contributed by atoms with Gasteiger partial charge >= 0.3 is 0 Å². The highest BCUT2D eigenvalue weighted by atomic mass is 28.3. The third kappa shape index (κ3) is 8.13. The van der Waals surface area contributed by atoms with E-state index in [0.29, 0.717) is 5.54 Å². The summed E-state index contributed by atoms with van der Waals surface area (Å²) in [5.74, 6) is 0. The Bertz CT molecular complexity index is 2140. The maximum absolute atomic E-state index is 6.11. The molecule has 296 valence electrons. The number of aryl methyl sites for hydroxylation is 1. The Morgan fingerprint density at radius 1 is 0.661 bits per heavy atom. The lowest BCUT2D eigenvalue weighted by Crippen LogP contribution is -2.52. The van der Waals surface area contributed by atoms with Gasteiger partial charge in [0.1, 0.15) is 0 Å². The first kappa shape index (κ1) is 40.7. The number of ether oxygens (including phenoxy) is 1. The van der Waals surface area contributed by atoms with Gasteiger partial charge in [-0.3, -0.25) is 0 Å². The Kier molecular flexibility index (Phi) is 11.2. The maximum atomic E-state index is 6.11. The van der Waals surface area contributed by atoms with Crippen molar-refractivity contribution >= 4 is 25.4 Å². The number of benzene rings is 4. The fraction of sp³-hybridized carbons (Fsp3) is 0.481. The van der Waals surface area contributed by atoms with Gasteiger partial charge in [0.05, 0.1) is 13.7 Å². The van der Waals surface area contributed by atoms with Crippen LogP contribution in [0.15, 0.2) is 77.9 Å². The number of hydrogen-bond acceptors (Lipinski definition) is 1. The number of allylic oxidation sites excluding steroid dienone is 2. The van der Waals surface area contributed by atoms with E-state index in [1.807, 2.05) is 0 Å². The normalized spacial score (nSPS) is 17.7. The van der Waals surface area contributed by atoms with Crippen LogP contribution >= 0.6 is 0 Å². The van der Waals surface area contributed by atoms with Crippen molar-refractivity contribution in [2.24, 2.45) is 0 Å². The molecule has 0 aliphatic heterocycles. The van der Waals surface area contributed by atoms with Gasteiger partial charge in [-0.25, -0.2) is 0 Å². The summed E-state index contributed by atoms with van der Waals surface area (Å²) in [7, 11) is -2.17. The Balaban J connectivity index is 1.32. The molecule has 0 spiro atoms. The Labute approximate surface area is 342 Å². The zero-order valence-corrected chi connectivity index (χ0v) is 38.1. The van der Waals surface area contributed by atoms with E-state index < -0.39 is 8.07 Å². The van der Waals surface area contributed by atoms with Gasteiger partial charge in [0.2, 0.25) is 0 Å². The first-order valence-corrected chi connectivity index (χ1v) is 24.7. The molecule has 56 heavy (non-hydrogen) atoms. The lowest BCUT2D eigenvalue weighted by molar-refractivity contribution is -0.00471. The van der Waals surface area contributed by atoms with Gasteiger partial charge in [-0.05, 0) is 144 Å². The molecule has 0 saturated heterocycles. The van der Waals surface area contributed by atoms with Crippen molar-refractivity contribution in [2.75, 3.05) is 6.61 Å². The van der Waals surface area contributed by atoms with Crippen LogP contribution in [-0.4, -0.2) is 20.3 Å². The molecule has 0 heterocycles. The highest BCUT2D eigenvalue weighted by Crippen LogP contribution is 2.51. The van der Waals surface area contributed by atoms with Crippen LogP contribution in [0.1, 0.15) is 158 Å². The third-order valence-corrected chi connectivity index (χ3v) is 18.4. The molecule has 7 rings (SSSR count). The molecule has 0 saturated carbocycles. The SMILES string of the molecule is CC1=Cc2c(-c3ccc(C(C)(C)C)cc3)ccc([Si](C)(CCCCCCOC(C)(C)C)C3C(C)=Cc4c3cc3c(c4-c4ccc(C(C)(C)C)cc4)CCC3)c2C1. The third-order valence-electron chi connectivity index (χ3n) is 13.3. The first-order valence-electron chi connectivity index (χ1n) is 21.9. The van der Waals surface area contributed by atoms with Crippen molar-refractivity contribution < 1.29 is 4.74 Å². The monoisotopic (exact) mass is 763 g/mol. The van der Waals surface area contributed by atoms with Crippen molar-refractivity contribution in [3.05, 3.63) is 122 Å². The van der Waals surface area contributed by atoms with Crippen LogP contribution in [0.25, 0.3) is 34.4 Å². The van der Waals surface area contributed by atoms with Crippen LogP contribution in [0.3, 0.4) is 0 Å². The lowest BCUT2D eigenvalue weighted by atomic mass is 9.84. The highest BCUT2D eigenvalue weighted by Gasteiger charge is 2.46. The fourth-order valence-corrected chi connectivity index (χ4v) is 15.6. The molecule has 0 bridgehead atoms. The van der Waals surface area contributed by atoms with Gasteiger partial charge < -0.3 is 4.74 Å². The minimum atomic E-state index is -2.17. The van der Waals surface area contributed by atoms with Gasteiger partial charge in [0.25, 0.3) is 0 Å². The van der Waals surface area contributed by atoms with Gasteiger partial charge in [-0.2, -0.15) is 0 Å². The van der Waals surface area contributed by atoms with E-state index in [1.165, 1.54) is 94.6 Å². The molecule has 2 unspecified atom stereocenters. The number of hydrogen-bond donors (Lipinski definition) is 0. The molecule has 1 nitrogen and oxygen atoms in total. The van der Waals surface area contributed by atoms with E-state index in [1.54, 1.807) is 33.0 Å². The van der Waals surface area contributed by atoms with Gasteiger partial charge in [0, 0.05) is 12.1 Å². The topological polar surface area (TPSA) is 9.23 Å². The largest absolute Gasteiger partial charge is 0.376 e. The summed E-state index contributed by atoms with van der Waals surface area (Å²) in [5, 5.41) is 1.70. The summed E-state index contributed by atoms with van der Waals surface area (Å²) in [6, 6.07) is 28.2. The summed E-state index contributed by atoms with van der Waals surface area (Å²) in [6.45, 7) is 28.9.